The van der Waals surface area contributed by atoms with Crippen molar-refractivity contribution in [1.82, 2.24) is 15.4 Å². The van der Waals surface area contributed by atoms with Gasteiger partial charge < -0.3 is 9.73 Å². The van der Waals surface area contributed by atoms with E-state index in [2.05, 4.69) is 15.4 Å². The van der Waals surface area contributed by atoms with Crippen LogP contribution in [0.5, 0.6) is 0 Å². The molecule has 2 atom stereocenters. The van der Waals surface area contributed by atoms with Crippen molar-refractivity contribution < 1.29 is 22.4 Å². The van der Waals surface area contributed by atoms with Gasteiger partial charge in [-0.15, -0.1) is 0 Å². The summed E-state index contributed by atoms with van der Waals surface area (Å²) in [6.07, 6.45) is 8.06. The van der Waals surface area contributed by atoms with Crippen molar-refractivity contribution in [2.45, 2.75) is 74.9 Å². The van der Waals surface area contributed by atoms with Crippen molar-refractivity contribution >= 4 is 21.7 Å². The van der Waals surface area contributed by atoms with Gasteiger partial charge in [-0.3, -0.25) is 14.9 Å². The Hall–Kier alpha value is -2.49. The van der Waals surface area contributed by atoms with Crippen molar-refractivity contribution in [3.63, 3.8) is 0 Å². The van der Waals surface area contributed by atoms with Gasteiger partial charge in [-0.2, -0.15) is 0 Å². The second-order valence-corrected chi connectivity index (χ2v) is 10.2. The van der Waals surface area contributed by atoms with E-state index in [1.54, 1.807) is 30.3 Å². The van der Waals surface area contributed by atoms with Gasteiger partial charge in [-0.05, 0) is 43.5 Å². The molecule has 1 aliphatic carbocycles. The molecule has 0 saturated heterocycles. The lowest BCUT2D eigenvalue weighted by molar-refractivity contribution is -0.125. The average molecular weight is 476 g/mol. The molecule has 3 N–H and O–H groups in total. The zero-order valence-electron chi connectivity index (χ0n) is 19.0. The average Bonchev–Trinajstić information content (AvgIpc) is 3.36. The van der Waals surface area contributed by atoms with Crippen LogP contribution in [0.3, 0.4) is 0 Å². The molecule has 9 heteroatoms. The van der Waals surface area contributed by atoms with E-state index in [-0.39, 0.29) is 16.8 Å². The topological polar surface area (TPSA) is 118 Å². The van der Waals surface area contributed by atoms with Gasteiger partial charge in [0.25, 0.3) is 0 Å². The Bertz CT molecular complexity index is 986. The highest BCUT2D eigenvalue weighted by Gasteiger charge is 2.31. The monoisotopic (exact) mass is 475 g/mol. The first-order valence-electron chi connectivity index (χ1n) is 11.6. The SMILES string of the molecule is CCCC(NC(C(=O)CNS(=O)(=O)c1ccccc1)c1ccco1)C(=O)NC1CCCCC1. The minimum Gasteiger partial charge on any atom is -0.467 e. The van der Waals surface area contributed by atoms with Crippen molar-refractivity contribution in [3.05, 3.63) is 54.5 Å². The second kappa shape index (κ2) is 12.1. The van der Waals surface area contributed by atoms with Crippen LogP contribution in [0.2, 0.25) is 0 Å². The van der Waals surface area contributed by atoms with E-state index in [0.717, 1.165) is 32.1 Å². The maximum atomic E-state index is 13.1. The summed E-state index contributed by atoms with van der Waals surface area (Å²) in [7, 11) is -3.84. The lowest BCUT2D eigenvalue weighted by Crippen LogP contribution is -2.51. The van der Waals surface area contributed by atoms with Crippen molar-refractivity contribution in [2.75, 3.05) is 6.54 Å². The number of rotatable bonds is 12. The Morgan fingerprint density at radius 2 is 1.79 bits per heavy atom. The molecule has 1 aromatic carbocycles. The van der Waals surface area contributed by atoms with Gasteiger partial charge in [-0.1, -0.05) is 50.8 Å². The molecule has 33 heavy (non-hydrogen) atoms. The lowest BCUT2D eigenvalue weighted by atomic mass is 9.95. The fourth-order valence-electron chi connectivity index (χ4n) is 4.07. The molecule has 2 unspecified atom stereocenters. The molecular weight excluding hydrogens is 442 g/mol. The third-order valence-electron chi connectivity index (χ3n) is 5.85. The maximum Gasteiger partial charge on any atom is 0.240 e. The highest BCUT2D eigenvalue weighted by atomic mass is 32.2. The minimum absolute atomic E-state index is 0.0797. The standard InChI is InChI=1S/C24H33N3O5S/c1-2-10-20(24(29)26-18-11-5-3-6-12-18)27-23(22-15-9-16-32-22)21(28)17-25-33(30,31)19-13-7-4-8-14-19/h4,7-9,13-16,18,20,23,25,27H,2-3,5-6,10-12,17H2,1H3,(H,26,29). The molecular formula is C24H33N3O5S. The van der Waals surface area contributed by atoms with Crippen molar-refractivity contribution in [2.24, 2.45) is 0 Å². The van der Waals surface area contributed by atoms with E-state index in [9.17, 15) is 18.0 Å². The summed E-state index contributed by atoms with van der Waals surface area (Å²) in [5.74, 6) is -0.237. The van der Waals surface area contributed by atoms with Crippen LogP contribution in [0.4, 0.5) is 0 Å². The van der Waals surface area contributed by atoms with E-state index < -0.39 is 34.4 Å². The fraction of sp³-hybridized carbons (Fsp3) is 0.500. The Labute approximate surface area is 195 Å². The molecule has 1 fully saturated rings. The Morgan fingerprint density at radius 1 is 1.06 bits per heavy atom. The number of sulfonamides is 1. The number of furan rings is 1. The van der Waals surface area contributed by atoms with E-state index >= 15 is 0 Å². The predicted molar refractivity (Wildman–Crippen MR) is 125 cm³/mol. The highest BCUT2D eigenvalue weighted by Crippen LogP contribution is 2.20. The van der Waals surface area contributed by atoms with Crippen molar-refractivity contribution in [3.8, 4) is 0 Å². The fourth-order valence-corrected chi connectivity index (χ4v) is 5.08. The second-order valence-electron chi connectivity index (χ2n) is 8.40. The molecule has 1 saturated carbocycles. The number of amides is 1. The smallest absolute Gasteiger partial charge is 0.240 e. The van der Waals surface area contributed by atoms with E-state index in [1.165, 1.54) is 24.8 Å². The summed E-state index contributed by atoms with van der Waals surface area (Å²) in [5.41, 5.74) is 0. The van der Waals surface area contributed by atoms with Gasteiger partial charge in [0.2, 0.25) is 15.9 Å². The number of benzene rings is 1. The van der Waals surface area contributed by atoms with E-state index in [0.29, 0.717) is 12.2 Å². The number of carbonyl (C=O) groups excluding carboxylic acids is 2. The lowest BCUT2D eigenvalue weighted by Gasteiger charge is -2.27. The Kier molecular flexibility index (Phi) is 9.22. The van der Waals surface area contributed by atoms with Crippen LogP contribution in [0.1, 0.15) is 63.7 Å². The summed E-state index contributed by atoms with van der Waals surface area (Å²) < 4.78 is 32.9. The molecule has 0 aliphatic heterocycles. The quantitative estimate of drug-likeness (QED) is 0.434. The first kappa shape index (κ1) is 25.1. The predicted octanol–water partition coefficient (Wildman–Crippen LogP) is 3.08. The molecule has 1 aromatic heterocycles. The minimum atomic E-state index is -3.84. The largest absolute Gasteiger partial charge is 0.467 e. The third kappa shape index (κ3) is 7.25. The van der Waals surface area contributed by atoms with Gasteiger partial charge in [0.1, 0.15) is 11.8 Å². The van der Waals surface area contributed by atoms with Gasteiger partial charge >= 0.3 is 0 Å². The van der Waals surface area contributed by atoms with E-state index in [1.807, 2.05) is 6.92 Å². The number of Topliss-reactive ketones (excluding diaryl/α,β-unsaturated/α-hetero) is 1. The number of nitrogens with one attached hydrogen (secondary N) is 3. The van der Waals surface area contributed by atoms with Gasteiger partial charge in [0, 0.05) is 6.04 Å². The summed E-state index contributed by atoms with van der Waals surface area (Å²) >= 11 is 0. The first-order chi connectivity index (χ1) is 15.9. The Morgan fingerprint density at radius 3 is 2.42 bits per heavy atom. The maximum absolute atomic E-state index is 13.1. The van der Waals surface area contributed by atoms with E-state index in [4.69, 9.17) is 4.42 Å². The third-order valence-corrected chi connectivity index (χ3v) is 7.27. The van der Waals surface area contributed by atoms with Crippen LogP contribution in [0.15, 0.2) is 58.0 Å². The van der Waals surface area contributed by atoms with Crippen LogP contribution in [-0.2, 0) is 19.6 Å². The highest BCUT2D eigenvalue weighted by molar-refractivity contribution is 7.89. The molecule has 3 rings (SSSR count). The zero-order valence-corrected chi connectivity index (χ0v) is 19.8. The molecule has 0 radical (unpaired) electrons. The van der Waals surface area contributed by atoms with Gasteiger partial charge in [0.05, 0.1) is 23.7 Å². The molecule has 0 spiro atoms. The number of hydrogen-bond acceptors (Lipinski definition) is 6. The summed E-state index contributed by atoms with van der Waals surface area (Å²) in [6, 6.07) is 9.77. The molecule has 0 bridgehead atoms. The van der Waals surface area contributed by atoms with Crippen LogP contribution < -0.4 is 15.4 Å². The van der Waals surface area contributed by atoms with Crippen LogP contribution in [-0.4, -0.2) is 38.7 Å². The first-order valence-corrected chi connectivity index (χ1v) is 13.1. The molecule has 1 amide bonds. The van der Waals surface area contributed by atoms with Gasteiger partial charge in [-0.25, -0.2) is 13.1 Å². The molecule has 180 valence electrons. The summed E-state index contributed by atoms with van der Waals surface area (Å²) in [6.45, 7) is 1.54. The van der Waals surface area contributed by atoms with Crippen LogP contribution in [0, 0.1) is 0 Å². The molecule has 1 heterocycles. The number of hydrogen-bond donors (Lipinski definition) is 3. The summed E-state index contributed by atoms with van der Waals surface area (Å²) in [4.78, 5) is 26.2. The molecule has 2 aromatic rings. The van der Waals surface area contributed by atoms with Crippen LogP contribution >= 0.6 is 0 Å². The van der Waals surface area contributed by atoms with Crippen LogP contribution in [0.25, 0.3) is 0 Å². The summed E-state index contributed by atoms with van der Waals surface area (Å²) in [5, 5.41) is 6.25. The Balaban J connectivity index is 1.70. The number of carbonyl (C=O) groups is 2. The zero-order chi connectivity index (χ0) is 23.7. The van der Waals surface area contributed by atoms with Gasteiger partial charge in [0.15, 0.2) is 5.78 Å². The normalized spacial score (nSPS) is 16.8. The number of ketones is 1. The van der Waals surface area contributed by atoms with Crippen molar-refractivity contribution in [1.29, 1.82) is 0 Å². The molecule has 1 aliphatic rings. The molecule has 8 nitrogen and oxygen atoms in total.